The number of fused-ring (bicyclic) bond motifs is 1. The van der Waals surface area contributed by atoms with E-state index < -0.39 is 0 Å². The molecule has 0 fully saturated rings. The van der Waals surface area contributed by atoms with Gasteiger partial charge >= 0.3 is 0 Å². The Labute approximate surface area is 119 Å². The number of anilines is 1. The Balaban J connectivity index is 0.00000147. The molecule has 96 valence electrons. The molecule has 19 heavy (non-hydrogen) atoms. The van der Waals surface area contributed by atoms with Gasteiger partial charge in [0.15, 0.2) is 0 Å². The zero-order valence-corrected chi connectivity index (χ0v) is 11.7. The monoisotopic (exact) mass is 267 g/mol. The Morgan fingerprint density at radius 3 is 3.11 bits per heavy atom. The zero-order chi connectivity index (χ0) is 13.1. The summed E-state index contributed by atoms with van der Waals surface area (Å²) in [7, 11) is 0. The van der Waals surface area contributed by atoms with Gasteiger partial charge in [-0.3, -0.25) is 0 Å². The number of hydrogen-bond acceptors (Lipinski definition) is 2. The molecular formula is C17H17NS. The molecule has 3 rings (SSSR count). The summed E-state index contributed by atoms with van der Waals surface area (Å²) < 4.78 is 0. The summed E-state index contributed by atoms with van der Waals surface area (Å²) >= 11 is 1.76. The number of hydrogen-bond donors (Lipinski definition) is 0. The van der Waals surface area contributed by atoms with Gasteiger partial charge in [0.25, 0.3) is 0 Å². The maximum Gasteiger partial charge on any atom is 0.0856 e. The Kier molecular flexibility index (Phi) is 3.48. The summed E-state index contributed by atoms with van der Waals surface area (Å²) in [6.07, 6.45) is 9.19. The van der Waals surface area contributed by atoms with Crippen molar-refractivity contribution in [3.8, 4) is 0 Å². The topological polar surface area (TPSA) is 3.24 Å². The van der Waals surface area contributed by atoms with Gasteiger partial charge in [-0.2, -0.15) is 0 Å². The molecule has 2 bridgehead atoms. The quantitative estimate of drug-likeness (QED) is 0.701. The number of benzene rings is 1. The van der Waals surface area contributed by atoms with Crippen LogP contribution < -0.4 is 4.90 Å². The number of nitrogens with zero attached hydrogens (tertiary/aromatic N) is 1. The highest BCUT2D eigenvalue weighted by Crippen LogP contribution is 2.39. The first-order valence-corrected chi connectivity index (χ1v) is 7.34. The lowest BCUT2D eigenvalue weighted by Crippen LogP contribution is -2.22. The van der Waals surface area contributed by atoms with Crippen LogP contribution in [0.15, 0.2) is 75.5 Å². The first-order chi connectivity index (χ1) is 9.38. The molecule has 0 amide bonds. The minimum absolute atomic E-state index is 0. The smallest absolute Gasteiger partial charge is 0.0856 e. The summed E-state index contributed by atoms with van der Waals surface area (Å²) in [6.45, 7) is 3.21. The van der Waals surface area contributed by atoms with E-state index in [4.69, 9.17) is 0 Å². The first-order valence-electron chi connectivity index (χ1n) is 6.53. The number of thioether (sulfide) groups is 1. The molecule has 0 radical (unpaired) electrons. The van der Waals surface area contributed by atoms with E-state index in [1.165, 1.54) is 10.6 Å². The molecular weight excluding hydrogens is 250 g/mol. The number of allylic oxidation sites excluding steroid dienone is 2. The summed E-state index contributed by atoms with van der Waals surface area (Å²) in [4.78, 5) is 4.74. The van der Waals surface area contributed by atoms with Crippen LogP contribution in [0.2, 0.25) is 0 Å². The van der Waals surface area contributed by atoms with Crippen LogP contribution in [-0.2, 0) is 0 Å². The molecule has 1 aliphatic carbocycles. The Bertz CT molecular complexity index is 659. The summed E-state index contributed by atoms with van der Waals surface area (Å²) in [5.41, 5.74) is 9.05. The van der Waals surface area contributed by atoms with Gasteiger partial charge in [-0.05, 0) is 30.7 Å². The normalized spacial score (nSPS) is 17.8. The third-order valence-electron chi connectivity index (χ3n) is 3.03. The lowest BCUT2D eigenvalue weighted by Gasteiger charge is -2.24. The molecule has 2 heteroatoms. The van der Waals surface area contributed by atoms with Crippen LogP contribution in [0.1, 0.15) is 14.8 Å². The summed E-state index contributed by atoms with van der Waals surface area (Å²) in [5.74, 6) is 0. The predicted molar refractivity (Wildman–Crippen MR) is 84.4 cm³/mol. The van der Waals surface area contributed by atoms with Crippen LogP contribution in [0.5, 0.6) is 0 Å². The second-order valence-electron chi connectivity index (χ2n) is 4.43. The van der Waals surface area contributed by atoms with Gasteiger partial charge in [-0.25, -0.2) is 0 Å². The van der Waals surface area contributed by atoms with Gasteiger partial charge in [-0.1, -0.05) is 42.6 Å². The fourth-order valence-corrected chi connectivity index (χ4v) is 3.16. The van der Waals surface area contributed by atoms with Gasteiger partial charge in [0.05, 0.1) is 16.3 Å². The number of para-hydroxylation sites is 1. The van der Waals surface area contributed by atoms with E-state index in [1.54, 1.807) is 11.8 Å². The van der Waals surface area contributed by atoms with Crippen LogP contribution in [0.25, 0.3) is 0 Å². The van der Waals surface area contributed by atoms with Gasteiger partial charge in [0.2, 0.25) is 0 Å². The van der Waals surface area contributed by atoms with E-state index in [0.29, 0.717) is 0 Å². The van der Waals surface area contributed by atoms with Crippen LogP contribution in [0.3, 0.4) is 0 Å². The van der Waals surface area contributed by atoms with Gasteiger partial charge in [0, 0.05) is 18.9 Å². The lowest BCUT2D eigenvalue weighted by molar-refractivity contribution is 0.855. The molecule has 0 atom stereocenters. The molecule has 0 aromatic heterocycles. The summed E-state index contributed by atoms with van der Waals surface area (Å²) in [5, 5.41) is 0. The Morgan fingerprint density at radius 2 is 2.21 bits per heavy atom. The molecule has 1 heterocycles. The second kappa shape index (κ2) is 5.42. The fourth-order valence-electron chi connectivity index (χ4n) is 2.21. The molecule has 1 aliphatic heterocycles. The van der Waals surface area contributed by atoms with Crippen molar-refractivity contribution in [1.82, 2.24) is 0 Å². The van der Waals surface area contributed by atoms with Crippen molar-refractivity contribution in [2.45, 2.75) is 18.2 Å². The van der Waals surface area contributed by atoms with E-state index in [1.807, 2.05) is 18.2 Å². The van der Waals surface area contributed by atoms with Crippen molar-refractivity contribution in [2.24, 2.45) is 0 Å². The Morgan fingerprint density at radius 1 is 1.32 bits per heavy atom. The number of rotatable bonds is 2. The third-order valence-corrected chi connectivity index (χ3v) is 4.03. The predicted octanol–water partition coefficient (Wildman–Crippen LogP) is 4.90. The highest BCUT2D eigenvalue weighted by molar-refractivity contribution is 8.03. The third kappa shape index (κ3) is 2.47. The largest absolute Gasteiger partial charge is 0.334 e. The van der Waals surface area contributed by atoms with Crippen molar-refractivity contribution in [3.63, 3.8) is 0 Å². The molecule has 0 unspecified atom stereocenters. The lowest BCUT2D eigenvalue weighted by atomic mass is 10.2. The van der Waals surface area contributed by atoms with Crippen molar-refractivity contribution >= 4 is 17.4 Å². The van der Waals surface area contributed by atoms with Crippen molar-refractivity contribution in [1.29, 1.82) is 0 Å². The average molecular weight is 267 g/mol. The molecule has 0 spiro atoms. The standard InChI is InChI=1S/C17H15NS.H2/c1-2-12-18-14-8-4-3-5-9-15(13-14)19-17-11-7-6-10-16(17)18;/h3-4,6-11H,2,12H2,1H3;1H/b8-4-;. The van der Waals surface area contributed by atoms with Crippen molar-refractivity contribution < 1.29 is 1.43 Å². The van der Waals surface area contributed by atoms with E-state index >= 15 is 0 Å². The molecule has 1 nitrogen and oxygen atoms in total. The minimum Gasteiger partial charge on any atom is -0.334 e. The van der Waals surface area contributed by atoms with Gasteiger partial charge < -0.3 is 4.90 Å². The zero-order valence-electron chi connectivity index (χ0n) is 10.9. The summed E-state index contributed by atoms with van der Waals surface area (Å²) in [6, 6.07) is 8.55. The van der Waals surface area contributed by atoms with E-state index in [2.05, 4.69) is 53.6 Å². The SMILES string of the molecule is CCCN1C2=C=C(C=C=C/C=C\2)Sc2ccccc21.[HH]. The molecule has 1 aromatic rings. The molecule has 0 saturated carbocycles. The van der Waals surface area contributed by atoms with Crippen LogP contribution in [0.4, 0.5) is 5.69 Å². The Hall–Kier alpha value is -1.85. The van der Waals surface area contributed by atoms with E-state index in [9.17, 15) is 0 Å². The van der Waals surface area contributed by atoms with Gasteiger partial charge in [0.1, 0.15) is 0 Å². The van der Waals surface area contributed by atoms with E-state index in [0.717, 1.165) is 23.6 Å². The average Bonchev–Trinajstić information content (AvgIpc) is 2.55. The maximum absolute atomic E-state index is 3.50. The van der Waals surface area contributed by atoms with Crippen molar-refractivity contribution in [2.75, 3.05) is 11.4 Å². The van der Waals surface area contributed by atoms with Crippen molar-refractivity contribution in [3.05, 3.63) is 70.6 Å². The molecule has 2 aliphatic rings. The molecule has 0 N–H and O–H groups in total. The van der Waals surface area contributed by atoms with Crippen LogP contribution in [0, 0.1) is 0 Å². The van der Waals surface area contributed by atoms with Gasteiger partial charge in [-0.15, -0.1) is 5.73 Å². The highest BCUT2D eigenvalue weighted by Gasteiger charge is 2.17. The first kappa shape index (κ1) is 12.2. The van der Waals surface area contributed by atoms with E-state index in [-0.39, 0.29) is 1.43 Å². The maximum atomic E-state index is 3.50. The molecule has 0 saturated heterocycles. The highest BCUT2D eigenvalue weighted by atomic mass is 32.2. The minimum atomic E-state index is 0. The molecule has 1 aromatic carbocycles. The fraction of sp³-hybridized carbons (Fsp3) is 0.176. The second-order valence-corrected chi connectivity index (χ2v) is 5.52. The van der Waals surface area contributed by atoms with Crippen LogP contribution >= 0.6 is 11.8 Å². The van der Waals surface area contributed by atoms with Crippen LogP contribution in [-0.4, -0.2) is 6.54 Å².